The summed E-state index contributed by atoms with van der Waals surface area (Å²) in [5, 5.41) is 0. The first-order chi connectivity index (χ1) is 9.22. The normalized spacial score (nSPS) is 32.8. The fraction of sp³-hybridized carbons (Fsp3) is 0.938. The van der Waals surface area contributed by atoms with Crippen LogP contribution in [0.5, 0.6) is 0 Å². The molecule has 0 aromatic heterocycles. The van der Waals surface area contributed by atoms with Crippen LogP contribution in [0.2, 0.25) is 0 Å². The van der Waals surface area contributed by atoms with Gasteiger partial charge in [0.25, 0.3) is 0 Å². The van der Waals surface area contributed by atoms with E-state index in [0.29, 0.717) is 5.92 Å². The van der Waals surface area contributed by atoms with Crippen molar-refractivity contribution in [1.82, 2.24) is 4.90 Å². The first-order valence-corrected chi connectivity index (χ1v) is 7.73. The minimum atomic E-state index is -0.650. The Bertz CT molecular complexity index is 359. The molecule has 2 atom stereocenters. The Hall–Kier alpha value is -0.450. The van der Waals surface area contributed by atoms with Gasteiger partial charge < -0.3 is 14.4 Å². The van der Waals surface area contributed by atoms with Crippen molar-refractivity contribution in [3.05, 3.63) is 0 Å². The van der Waals surface area contributed by atoms with Crippen LogP contribution in [0.15, 0.2) is 0 Å². The third kappa shape index (κ3) is 3.41. The second kappa shape index (κ2) is 5.74. The van der Waals surface area contributed by atoms with E-state index in [-0.39, 0.29) is 17.3 Å². The third-order valence-corrected chi connectivity index (χ3v) is 4.59. The fourth-order valence-electron chi connectivity index (χ4n) is 3.60. The highest BCUT2D eigenvalue weighted by Crippen LogP contribution is 2.39. The van der Waals surface area contributed by atoms with Crippen LogP contribution >= 0.6 is 0 Å². The summed E-state index contributed by atoms with van der Waals surface area (Å²) in [5.41, 5.74) is -1.03. The first-order valence-electron chi connectivity index (χ1n) is 7.73. The molecule has 0 bridgehead atoms. The van der Waals surface area contributed by atoms with Gasteiger partial charge in [-0.2, -0.15) is 0 Å². The molecule has 2 fully saturated rings. The minimum Gasteiger partial charge on any atom is -0.381 e. The molecule has 0 amide bonds. The minimum absolute atomic E-state index is 0.0491. The summed E-state index contributed by atoms with van der Waals surface area (Å²) < 4.78 is 11.5. The van der Waals surface area contributed by atoms with Crippen molar-refractivity contribution >= 4 is 5.78 Å². The number of carbonyl (C=O) groups excluding carboxylic acids is 1. The summed E-state index contributed by atoms with van der Waals surface area (Å²) in [4.78, 5) is 14.8. The van der Waals surface area contributed by atoms with Crippen LogP contribution in [0.4, 0.5) is 0 Å². The highest BCUT2D eigenvalue weighted by molar-refractivity contribution is 5.91. The number of hydrogen-bond acceptors (Lipinski definition) is 4. The summed E-state index contributed by atoms with van der Waals surface area (Å²) in [5.74, 6) is 0.781. The van der Waals surface area contributed by atoms with E-state index >= 15 is 0 Å². The maximum absolute atomic E-state index is 12.5. The largest absolute Gasteiger partial charge is 0.381 e. The summed E-state index contributed by atoms with van der Waals surface area (Å²) in [7, 11) is 2.10. The number of nitrogens with zero attached hydrogens (tertiary/aromatic N) is 1. The fourth-order valence-corrected chi connectivity index (χ4v) is 3.60. The number of carbonyl (C=O) groups is 1. The molecule has 2 aliphatic heterocycles. The van der Waals surface area contributed by atoms with Crippen LogP contribution in [0, 0.1) is 11.8 Å². The number of hydrogen-bond donors (Lipinski definition) is 0. The lowest BCUT2D eigenvalue weighted by Crippen LogP contribution is -2.42. The van der Waals surface area contributed by atoms with Crippen molar-refractivity contribution in [2.75, 3.05) is 33.4 Å². The Kier molecular flexibility index (Phi) is 4.57. The lowest BCUT2D eigenvalue weighted by Gasteiger charge is -2.31. The Labute approximate surface area is 122 Å². The summed E-state index contributed by atoms with van der Waals surface area (Å²) in [6, 6.07) is 0. The molecule has 2 aliphatic rings. The molecule has 2 heterocycles. The quantitative estimate of drug-likeness (QED) is 0.792. The monoisotopic (exact) mass is 283 g/mol. The zero-order chi connectivity index (χ0) is 15.0. The van der Waals surface area contributed by atoms with E-state index < -0.39 is 5.60 Å². The van der Waals surface area contributed by atoms with Gasteiger partial charge in [0.05, 0.1) is 18.1 Å². The Morgan fingerprint density at radius 2 is 1.95 bits per heavy atom. The van der Waals surface area contributed by atoms with Gasteiger partial charge in [0, 0.05) is 19.7 Å². The maximum atomic E-state index is 12.5. The standard InChI is InChI=1S/C16H29NO3/c1-15(2)13(14(18)16(3,4)20-15)10-17(5)9-12-7-6-8-19-11-12/h12-13H,6-11H2,1-5H3. The van der Waals surface area contributed by atoms with Gasteiger partial charge in [0.2, 0.25) is 0 Å². The van der Waals surface area contributed by atoms with E-state index in [1.165, 1.54) is 6.42 Å². The molecule has 0 aromatic rings. The number of ketones is 1. The van der Waals surface area contributed by atoms with Gasteiger partial charge in [0.1, 0.15) is 5.60 Å². The van der Waals surface area contributed by atoms with Gasteiger partial charge in [0.15, 0.2) is 5.78 Å². The van der Waals surface area contributed by atoms with Gasteiger partial charge in [-0.05, 0) is 53.5 Å². The average Bonchev–Trinajstić information content (AvgIpc) is 2.49. The van der Waals surface area contributed by atoms with Crippen molar-refractivity contribution in [2.45, 2.75) is 51.7 Å². The van der Waals surface area contributed by atoms with Crippen LogP contribution in [0.25, 0.3) is 0 Å². The smallest absolute Gasteiger partial charge is 0.171 e. The Morgan fingerprint density at radius 3 is 2.45 bits per heavy atom. The molecule has 2 unspecified atom stereocenters. The second-order valence-electron chi connectivity index (χ2n) is 7.44. The molecule has 4 nitrogen and oxygen atoms in total. The molecule has 2 rings (SSSR count). The van der Waals surface area contributed by atoms with Gasteiger partial charge in [-0.1, -0.05) is 0 Å². The van der Waals surface area contributed by atoms with Crippen LogP contribution in [-0.2, 0) is 14.3 Å². The molecule has 4 heteroatoms. The van der Waals surface area contributed by atoms with Gasteiger partial charge in [-0.3, -0.25) is 4.79 Å². The highest BCUT2D eigenvalue weighted by atomic mass is 16.5. The molecule has 0 aromatic carbocycles. The van der Waals surface area contributed by atoms with Crippen molar-refractivity contribution in [2.24, 2.45) is 11.8 Å². The first kappa shape index (κ1) is 15.9. The summed E-state index contributed by atoms with van der Waals surface area (Å²) in [6.45, 7) is 11.3. The molecule has 0 spiro atoms. The lowest BCUT2D eigenvalue weighted by atomic mass is 9.85. The molecular formula is C16H29NO3. The van der Waals surface area contributed by atoms with Gasteiger partial charge in [-0.25, -0.2) is 0 Å². The average molecular weight is 283 g/mol. The van der Waals surface area contributed by atoms with Crippen LogP contribution in [0.3, 0.4) is 0 Å². The molecule has 0 N–H and O–H groups in total. The van der Waals surface area contributed by atoms with E-state index in [1.807, 2.05) is 27.7 Å². The Balaban J connectivity index is 1.92. The summed E-state index contributed by atoms with van der Waals surface area (Å²) >= 11 is 0. The number of Topliss-reactive ketones (excluding diaryl/α,β-unsaturated/α-hetero) is 1. The van der Waals surface area contributed by atoms with Crippen LogP contribution in [-0.4, -0.2) is 55.2 Å². The molecule has 0 saturated carbocycles. The van der Waals surface area contributed by atoms with Crippen LogP contribution < -0.4 is 0 Å². The molecule has 20 heavy (non-hydrogen) atoms. The van der Waals surface area contributed by atoms with Crippen LogP contribution in [0.1, 0.15) is 40.5 Å². The SMILES string of the molecule is CN(CC1CCCOC1)CC1C(=O)C(C)(C)OC1(C)C. The predicted molar refractivity (Wildman–Crippen MR) is 78.8 cm³/mol. The van der Waals surface area contributed by atoms with Crippen molar-refractivity contribution in [1.29, 1.82) is 0 Å². The molecule has 0 aliphatic carbocycles. The second-order valence-corrected chi connectivity index (χ2v) is 7.44. The number of rotatable bonds is 4. The van der Waals surface area contributed by atoms with Crippen molar-refractivity contribution < 1.29 is 14.3 Å². The topological polar surface area (TPSA) is 38.8 Å². The Morgan fingerprint density at radius 1 is 1.25 bits per heavy atom. The van der Waals surface area contributed by atoms with E-state index in [4.69, 9.17) is 9.47 Å². The maximum Gasteiger partial charge on any atom is 0.171 e. The summed E-state index contributed by atoms with van der Waals surface area (Å²) in [6.07, 6.45) is 2.39. The van der Waals surface area contributed by atoms with E-state index in [9.17, 15) is 4.79 Å². The predicted octanol–water partition coefficient (Wildman–Crippen LogP) is 2.12. The third-order valence-electron chi connectivity index (χ3n) is 4.59. The van der Waals surface area contributed by atoms with Crippen molar-refractivity contribution in [3.8, 4) is 0 Å². The zero-order valence-corrected chi connectivity index (χ0v) is 13.6. The zero-order valence-electron chi connectivity index (χ0n) is 13.6. The lowest BCUT2D eigenvalue weighted by molar-refractivity contribution is -0.132. The molecule has 0 radical (unpaired) electrons. The van der Waals surface area contributed by atoms with E-state index in [0.717, 1.165) is 32.7 Å². The van der Waals surface area contributed by atoms with Crippen molar-refractivity contribution in [3.63, 3.8) is 0 Å². The molecule has 116 valence electrons. The highest BCUT2D eigenvalue weighted by Gasteiger charge is 2.53. The van der Waals surface area contributed by atoms with E-state index in [1.54, 1.807) is 0 Å². The molecule has 2 saturated heterocycles. The van der Waals surface area contributed by atoms with Gasteiger partial charge >= 0.3 is 0 Å². The van der Waals surface area contributed by atoms with Gasteiger partial charge in [-0.15, -0.1) is 0 Å². The number of ether oxygens (including phenoxy) is 2. The molecular weight excluding hydrogens is 254 g/mol. The van der Waals surface area contributed by atoms with E-state index in [2.05, 4.69) is 11.9 Å².